The highest BCUT2D eigenvalue weighted by Gasteiger charge is 2.32. The molecule has 4 aromatic rings. The smallest absolute Gasteiger partial charge is 0.416 e. The van der Waals surface area contributed by atoms with E-state index in [1.54, 1.807) is 26.4 Å². The molecule has 0 saturated heterocycles. The van der Waals surface area contributed by atoms with Gasteiger partial charge in [0, 0.05) is 43.0 Å². The lowest BCUT2D eigenvalue weighted by Crippen LogP contribution is -2.27. The van der Waals surface area contributed by atoms with E-state index in [2.05, 4.69) is 5.32 Å². The van der Waals surface area contributed by atoms with E-state index in [9.17, 15) is 18.0 Å². The van der Waals surface area contributed by atoms with Crippen LogP contribution in [0, 0.1) is 0 Å². The van der Waals surface area contributed by atoms with Crippen LogP contribution in [0.2, 0.25) is 0 Å². The van der Waals surface area contributed by atoms with Crippen molar-refractivity contribution < 1.29 is 27.4 Å². The molecular formula is C29H29F3N2O3. The quantitative estimate of drug-likeness (QED) is 0.296. The summed E-state index contributed by atoms with van der Waals surface area (Å²) in [6.07, 6.45) is -2.00. The largest absolute Gasteiger partial charge is 0.493 e. The highest BCUT2D eigenvalue weighted by Crippen LogP contribution is 2.37. The number of aryl methyl sites for hydroxylation is 1. The maximum absolute atomic E-state index is 13.5. The molecular weight excluding hydrogens is 481 g/mol. The van der Waals surface area contributed by atoms with Gasteiger partial charge in [-0.1, -0.05) is 42.5 Å². The molecule has 1 heterocycles. The van der Waals surface area contributed by atoms with Crippen LogP contribution in [0.4, 0.5) is 13.2 Å². The molecule has 4 rings (SSSR count). The molecule has 0 unspecified atom stereocenters. The number of aromatic nitrogens is 1. The summed E-state index contributed by atoms with van der Waals surface area (Å²) in [6.45, 7) is 0.374. The first kappa shape index (κ1) is 26.1. The van der Waals surface area contributed by atoms with Gasteiger partial charge in [-0.25, -0.2) is 0 Å². The van der Waals surface area contributed by atoms with E-state index in [1.165, 1.54) is 6.07 Å². The van der Waals surface area contributed by atoms with Gasteiger partial charge in [0.25, 0.3) is 0 Å². The fourth-order valence-corrected chi connectivity index (χ4v) is 4.63. The van der Waals surface area contributed by atoms with Gasteiger partial charge in [-0.05, 0) is 47.4 Å². The summed E-state index contributed by atoms with van der Waals surface area (Å²) >= 11 is 0. The van der Waals surface area contributed by atoms with Gasteiger partial charge in [0.15, 0.2) is 11.5 Å². The molecule has 194 valence electrons. The molecule has 1 aromatic heterocycles. The second kappa shape index (κ2) is 11.0. The Balaban J connectivity index is 1.57. The Kier molecular flexibility index (Phi) is 7.76. The molecule has 0 fully saturated rings. The summed E-state index contributed by atoms with van der Waals surface area (Å²) in [7, 11) is 5.01. The minimum Gasteiger partial charge on any atom is -0.493 e. The standard InChI is InChI=1S/C29H29F3N2O3/c1-34-18-24(22-9-4-5-10-25(22)34)23(20-7-6-8-21(16-20)29(30,31)32)17-28(35)33-14-13-19-11-12-26(36-2)27(15-19)37-3/h4-12,15-16,18,23H,13-14,17H2,1-3H3,(H,33,35)/t23-/m0/s1. The number of nitrogens with one attached hydrogen (secondary N) is 1. The third-order valence-corrected chi connectivity index (χ3v) is 6.49. The lowest BCUT2D eigenvalue weighted by molar-refractivity contribution is -0.137. The summed E-state index contributed by atoms with van der Waals surface area (Å²) in [5.41, 5.74) is 2.43. The zero-order valence-electron chi connectivity index (χ0n) is 20.9. The van der Waals surface area contributed by atoms with E-state index in [1.807, 2.05) is 54.2 Å². The predicted octanol–water partition coefficient (Wildman–Crippen LogP) is 6.10. The SMILES string of the molecule is COc1ccc(CCNC(=O)C[C@@H](c2cccc(C(F)(F)F)c2)c2cn(C)c3ccccc23)cc1OC. The van der Waals surface area contributed by atoms with Crippen molar-refractivity contribution in [2.24, 2.45) is 7.05 Å². The van der Waals surface area contributed by atoms with E-state index in [-0.39, 0.29) is 12.3 Å². The average molecular weight is 511 g/mol. The monoisotopic (exact) mass is 510 g/mol. The normalized spacial score (nSPS) is 12.4. The van der Waals surface area contributed by atoms with Crippen LogP contribution in [0.15, 0.2) is 72.9 Å². The van der Waals surface area contributed by atoms with Crippen LogP contribution in [0.1, 0.15) is 34.6 Å². The van der Waals surface area contributed by atoms with Crippen molar-refractivity contribution in [1.82, 2.24) is 9.88 Å². The predicted molar refractivity (Wildman–Crippen MR) is 137 cm³/mol. The lowest BCUT2D eigenvalue weighted by Gasteiger charge is -2.19. The average Bonchev–Trinajstić information content (AvgIpc) is 3.23. The molecule has 0 bridgehead atoms. The van der Waals surface area contributed by atoms with Gasteiger partial charge in [-0.3, -0.25) is 4.79 Å². The Morgan fingerprint density at radius 3 is 2.46 bits per heavy atom. The van der Waals surface area contributed by atoms with E-state index in [4.69, 9.17) is 9.47 Å². The number of hydrogen-bond donors (Lipinski definition) is 1. The number of fused-ring (bicyclic) bond motifs is 1. The van der Waals surface area contributed by atoms with Crippen LogP contribution >= 0.6 is 0 Å². The highest BCUT2D eigenvalue weighted by atomic mass is 19.4. The number of ether oxygens (including phenoxy) is 2. The van der Waals surface area contributed by atoms with Gasteiger partial charge in [0.05, 0.1) is 19.8 Å². The van der Waals surface area contributed by atoms with E-state index in [0.717, 1.165) is 34.2 Å². The van der Waals surface area contributed by atoms with E-state index >= 15 is 0 Å². The molecule has 1 amide bonds. The molecule has 1 atom stereocenters. The van der Waals surface area contributed by atoms with Gasteiger partial charge in [0.2, 0.25) is 5.91 Å². The van der Waals surface area contributed by atoms with Crippen LogP contribution in [-0.2, 0) is 24.4 Å². The second-order valence-corrected chi connectivity index (χ2v) is 8.88. The zero-order valence-corrected chi connectivity index (χ0v) is 20.9. The Hall–Kier alpha value is -3.94. The van der Waals surface area contributed by atoms with Crippen molar-refractivity contribution in [3.8, 4) is 11.5 Å². The number of amides is 1. The molecule has 1 N–H and O–H groups in total. The Labute approximate surface area is 213 Å². The van der Waals surface area contributed by atoms with Crippen molar-refractivity contribution in [2.75, 3.05) is 20.8 Å². The van der Waals surface area contributed by atoms with Crippen LogP contribution in [0.5, 0.6) is 11.5 Å². The molecule has 0 aliphatic carbocycles. The number of carbonyl (C=O) groups is 1. The van der Waals surface area contributed by atoms with Crippen molar-refractivity contribution in [3.05, 3.63) is 95.2 Å². The molecule has 3 aromatic carbocycles. The summed E-state index contributed by atoms with van der Waals surface area (Å²) < 4.78 is 53.0. The van der Waals surface area contributed by atoms with E-state index < -0.39 is 17.7 Å². The molecule has 37 heavy (non-hydrogen) atoms. The van der Waals surface area contributed by atoms with Crippen molar-refractivity contribution in [3.63, 3.8) is 0 Å². The molecule has 0 aliphatic heterocycles. The molecule has 0 radical (unpaired) electrons. The number of carbonyl (C=O) groups excluding carboxylic acids is 1. The summed E-state index contributed by atoms with van der Waals surface area (Å²) in [5, 5.41) is 3.83. The first-order valence-electron chi connectivity index (χ1n) is 11.9. The van der Waals surface area contributed by atoms with E-state index in [0.29, 0.717) is 30.0 Å². The topological polar surface area (TPSA) is 52.5 Å². The van der Waals surface area contributed by atoms with Crippen LogP contribution in [0.25, 0.3) is 10.9 Å². The lowest BCUT2D eigenvalue weighted by atomic mass is 9.87. The third kappa shape index (κ3) is 5.90. The number of methoxy groups -OCH3 is 2. The maximum atomic E-state index is 13.5. The molecule has 0 saturated carbocycles. The fraction of sp³-hybridized carbons (Fsp3) is 0.276. The van der Waals surface area contributed by atoms with Gasteiger partial charge >= 0.3 is 6.18 Å². The summed E-state index contributed by atoms with van der Waals surface area (Å²) in [6, 6.07) is 18.5. The van der Waals surface area contributed by atoms with Gasteiger partial charge < -0.3 is 19.4 Å². The number of halogens is 3. The Morgan fingerprint density at radius 1 is 0.973 bits per heavy atom. The van der Waals surface area contributed by atoms with Crippen LogP contribution in [0.3, 0.4) is 0 Å². The first-order chi connectivity index (χ1) is 17.7. The number of benzene rings is 3. The van der Waals surface area contributed by atoms with Crippen LogP contribution in [-0.4, -0.2) is 31.2 Å². The fourth-order valence-electron chi connectivity index (χ4n) is 4.63. The molecule has 5 nitrogen and oxygen atoms in total. The van der Waals surface area contributed by atoms with Gasteiger partial charge in [0.1, 0.15) is 0 Å². The summed E-state index contributed by atoms with van der Waals surface area (Å²) in [5.74, 6) is 0.437. The van der Waals surface area contributed by atoms with Gasteiger partial charge in [-0.2, -0.15) is 13.2 Å². The number of nitrogens with zero attached hydrogens (tertiary/aromatic N) is 1. The third-order valence-electron chi connectivity index (χ3n) is 6.49. The summed E-state index contributed by atoms with van der Waals surface area (Å²) in [4.78, 5) is 13.1. The van der Waals surface area contributed by atoms with Crippen molar-refractivity contribution >= 4 is 16.8 Å². The Bertz CT molecular complexity index is 1390. The molecule has 0 spiro atoms. The first-order valence-corrected chi connectivity index (χ1v) is 11.9. The van der Waals surface area contributed by atoms with Gasteiger partial charge in [-0.15, -0.1) is 0 Å². The van der Waals surface area contributed by atoms with Crippen LogP contribution < -0.4 is 14.8 Å². The second-order valence-electron chi connectivity index (χ2n) is 8.88. The highest BCUT2D eigenvalue weighted by molar-refractivity contribution is 5.86. The number of hydrogen-bond acceptors (Lipinski definition) is 3. The molecule has 0 aliphatic rings. The minimum atomic E-state index is -4.47. The number of para-hydroxylation sites is 1. The maximum Gasteiger partial charge on any atom is 0.416 e. The van der Waals surface area contributed by atoms with Crippen molar-refractivity contribution in [2.45, 2.75) is 24.9 Å². The Morgan fingerprint density at radius 2 is 1.73 bits per heavy atom. The number of alkyl halides is 3. The minimum absolute atomic E-state index is 0.0151. The number of rotatable bonds is 9. The van der Waals surface area contributed by atoms with Crippen molar-refractivity contribution in [1.29, 1.82) is 0 Å². The zero-order chi connectivity index (χ0) is 26.6. The molecule has 8 heteroatoms.